The Hall–Kier alpha value is -1.12. The maximum Gasteiger partial charge on any atom is 0.203 e. The van der Waals surface area contributed by atoms with Crippen molar-refractivity contribution in [3.63, 3.8) is 0 Å². The summed E-state index contributed by atoms with van der Waals surface area (Å²) in [6, 6.07) is 1.57. The average molecular weight is 139 g/mol. The van der Waals surface area contributed by atoms with Crippen molar-refractivity contribution in [2.75, 3.05) is 0 Å². The highest BCUT2D eigenvalue weighted by molar-refractivity contribution is 5.94. The van der Waals surface area contributed by atoms with E-state index in [1.54, 1.807) is 6.07 Å². The molecule has 0 N–H and O–H groups in total. The highest BCUT2D eigenvalue weighted by Gasteiger charge is 2.12. The molecule has 0 unspecified atom stereocenters. The van der Waals surface area contributed by atoms with E-state index in [2.05, 4.69) is 9.68 Å². The Balaban J connectivity index is 2.78. The summed E-state index contributed by atoms with van der Waals surface area (Å²) in [4.78, 5) is 11.1. The Morgan fingerprint density at radius 2 is 2.40 bits per heavy atom. The Kier molecular flexibility index (Phi) is 1.85. The third-order valence-electron chi connectivity index (χ3n) is 1.21. The van der Waals surface area contributed by atoms with Crippen molar-refractivity contribution < 1.29 is 9.32 Å². The van der Waals surface area contributed by atoms with E-state index >= 15 is 0 Å². The lowest BCUT2D eigenvalue weighted by Gasteiger charge is -1.96. The van der Waals surface area contributed by atoms with Gasteiger partial charge in [-0.2, -0.15) is 0 Å². The molecule has 1 heterocycles. The third-order valence-corrected chi connectivity index (χ3v) is 1.21. The van der Waals surface area contributed by atoms with Crippen LogP contribution in [0.25, 0.3) is 0 Å². The van der Waals surface area contributed by atoms with E-state index in [9.17, 15) is 4.79 Å². The standard InChI is InChI=1S/C7H9NO2/c1-5(2)7(9)6-3-4-8-10-6/h3-5H,1-2H3. The van der Waals surface area contributed by atoms with Crippen molar-refractivity contribution in [2.45, 2.75) is 13.8 Å². The highest BCUT2D eigenvalue weighted by Crippen LogP contribution is 2.05. The van der Waals surface area contributed by atoms with Crippen LogP contribution in [0.4, 0.5) is 0 Å². The van der Waals surface area contributed by atoms with Gasteiger partial charge in [-0.15, -0.1) is 0 Å². The van der Waals surface area contributed by atoms with Crippen LogP contribution in [0.15, 0.2) is 16.8 Å². The molecule has 1 aromatic heterocycles. The van der Waals surface area contributed by atoms with Crippen LogP contribution in [-0.4, -0.2) is 10.9 Å². The predicted molar refractivity (Wildman–Crippen MR) is 35.7 cm³/mol. The highest BCUT2D eigenvalue weighted by atomic mass is 16.5. The fourth-order valence-electron chi connectivity index (χ4n) is 0.627. The molecule has 0 aromatic carbocycles. The smallest absolute Gasteiger partial charge is 0.203 e. The summed E-state index contributed by atoms with van der Waals surface area (Å²) in [7, 11) is 0. The first-order chi connectivity index (χ1) is 4.72. The van der Waals surface area contributed by atoms with Crippen LogP contribution in [0.5, 0.6) is 0 Å². The summed E-state index contributed by atoms with van der Waals surface area (Å²) >= 11 is 0. The van der Waals surface area contributed by atoms with Crippen LogP contribution in [0.2, 0.25) is 0 Å². The van der Waals surface area contributed by atoms with E-state index in [-0.39, 0.29) is 11.7 Å². The molecule has 0 saturated carbocycles. The molecule has 3 nitrogen and oxygen atoms in total. The Morgan fingerprint density at radius 1 is 1.70 bits per heavy atom. The number of Topliss-reactive ketones (excluding diaryl/α,β-unsaturated/α-hetero) is 1. The molecule has 54 valence electrons. The zero-order valence-corrected chi connectivity index (χ0v) is 6.00. The number of ketones is 1. The summed E-state index contributed by atoms with van der Waals surface area (Å²) < 4.78 is 4.66. The van der Waals surface area contributed by atoms with Crippen molar-refractivity contribution in [3.05, 3.63) is 18.0 Å². The van der Waals surface area contributed by atoms with Gasteiger partial charge in [0.25, 0.3) is 0 Å². The SMILES string of the molecule is CC(C)C(=O)c1ccno1. The minimum atomic E-state index is -0.0204. The number of carbonyl (C=O) groups excluding carboxylic acids is 1. The van der Waals surface area contributed by atoms with E-state index in [1.165, 1.54) is 6.20 Å². The van der Waals surface area contributed by atoms with E-state index < -0.39 is 0 Å². The molecule has 0 bridgehead atoms. The van der Waals surface area contributed by atoms with Crippen molar-refractivity contribution >= 4 is 5.78 Å². The van der Waals surface area contributed by atoms with Gasteiger partial charge < -0.3 is 4.52 Å². The molecule has 1 rings (SSSR count). The van der Waals surface area contributed by atoms with Gasteiger partial charge in [-0.25, -0.2) is 0 Å². The van der Waals surface area contributed by atoms with Gasteiger partial charge in [-0.3, -0.25) is 4.79 Å². The number of carbonyl (C=O) groups is 1. The third kappa shape index (κ3) is 1.23. The normalized spacial score (nSPS) is 10.3. The van der Waals surface area contributed by atoms with Crippen LogP contribution in [0.1, 0.15) is 24.4 Å². The molecule has 0 aliphatic carbocycles. The number of nitrogens with zero attached hydrogens (tertiary/aromatic N) is 1. The molecule has 3 heteroatoms. The van der Waals surface area contributed by atoms with E-state index in [1.807, 2.05) is 13.8 Å². The average Bonchev–Trinajstić information content (AvgIpc) is 2.36. The van der Waals surface area contributed by atoms with Gasteiger partial charge in [0.2, 0.25) is 11.5 Å². The fraction of sp³-hybridized carbons (Fsp3) is 0.429. The minimum Gasteiger partial charge on any atom is -0.353 e. The maximum absolute atomic E-state index is 11.1. The van der Waals surface area contributed by atoms with Crippen molar-refractivity contribution in [3.8, 4) is 0 Å². The molecule has 0 atom stereocenters. The zero-order chi connectivity index (χ0) is 7.56. The first kappa shape index (κ1) is 6.99. The fourth-order valence-corrected chi connectivity index (χ4v) is 0.627. The topological polar surface area (TPSA) is 43.1 Å². The quantitative estimate of drug-likeness (QED) is 0.583. The molecule has 0 spiro atoms. The minimum absolute atomic E-state index is 0.00231. The van der Waals surface area contributed by atoms with Gasteiger partial charge in [-0.05, 0) is 0 Å². The Morgan fingerprint density at radius 3 is 2.80 bits per heavy atom. The first-order valence-corrected chi connectivity index (χ1v) is 3.16. The zero-order valence-electron chi connectivity index (χ0n) is 6.00. The van der Waals surface area contributed by atoms with Crippen LogP contribution in [0, 0.1) is 5.92 Å². The lowest BCUT2D eigenvalue weighted by molar-refractivity contribution is 0.0902. The largest absolute Gasteiger partial charge is 0.353 e. The van der Waals surface area contributed by atoms with Crippen molar-refractivity contribution in [1.82, 2.24) is 5.16 Å². The lowest BCUT2D eigenvalue weighted by atomic mass is 10.1. The Bertz CT molecular complexity index is 214. The van der Waals surface area contributed by atoms with E-state index in [4.69, 9.17) is 0 Å². The second kappa shape index (κ2) is 2.64. The van der Waals surface area contributed by atoms with Crippen molar-refractivity contribution in [2.24, 2.45) is 5.92 Å². The van der Waals surface area contributed by atoms with Gasteiger partial charge in [0.05, 0.1) is 6.20 Å². The number of rotatable bonds is 2. The van der Waals surface area contributed by atoms with Gasteiger partial charge in [-0.1, -0.05) is 19.0 Å². The summed E-state index contributed by atoms with van der Waals surface area (Å²) in [6.07, 6.45) is 1.47. The van der Waals surface area contributed by atoms with Crippen LogP contribution >= 0.6 is 0 Å². The predicted octanol–water partition coefficient (Wildman–Crippen LogP) is 1.51. The molecule has 1 aromatic rings. The van der Waals surface area contributed by atoms with Crippen LogP contribution in [0.3, 0.4) is 0 Å². The van der Waals surface area contributed by atoms with Gasteiger partial charge in [0.15, 0.2) is 0 Å². The lowest BCUT2D eigenvalue weighted by Crippen LogP contribution is -2.05. The summed E-state index contributed by atoms with van der Waals surface area (Å²) in [5.41, 5.74) is 0. The van der Waals surface area contributed by atoms with E-state index in [0.29, 0.717) is 5.76 Å². The second-order valence-corrected chi connectivity index (χ2v) is 2.40. The summed E-state index contributed by atoms with van der Waals surface area (Å²) in [6.45, 7) is 3.65. The molecule has 0 fully saturated rings. The summed E-state index contributed by atoms with van der Waals surface area (Å²) in [5.74, 6) is 0.320. The molecule has 0 aliphatic rings. The molecule has 10 heavy (non-hydrogen) atoms. The number of hydrogen-bond donors (Lipinski definition) is 0. The monoisotopic (exact) mass is 139 g/mol. The van der Waals surface area contributed by atoms with Gasteiger partial charge in [0.1, 0.15) is 0 Å². The molecular weight excluding hydrogens is 130 g/mol. The second-order valence-electron chi connectivity index (χ2n) is 2.40. The van der Waals surface area contributed by atoms with Crippen molar-refractivity contribution in [1.29, 1.82) is 0 Å². The van der Waals surface area contributed by atoms with Crippen LogP contribution in [-0.2, 0) is 0 Å². The number of aromatic nitrogens is 1. The molecule has 0 amide bonds. The number of hydrogen-bond acceptors (Lipinski definition) is 3. The van der Waals surface area contributed by atoms with E-state index in [0.717, 1.165) is 0 Å². The van der Waals surface area contributed by atoms with Crippen LogP contribution < -0.4 is 0 Å². The molecule has 0 radical (unpaired) electrons. The summed E-state index contributed by atoms with van der Waals surface area (Å²) in [5, 5.41) is 3.43. The molecular formula is C7H9NO2. The molecule has 0 aliphatic heterocycles. The van der Waals surface area contributed by atoms with Gasteiger partial charge in [0, 0.05) is 12.0 Å². The Labute approximate surface area is 59.0 Å². The first-order valence-electron chi connectivity index (χ1n) is 3.16. The molecule has 0 saturated heterocycles. The maximum atomic E-state index is 11.1. The van der Waals surface area contributed by atoms with Gasteiger partial charge >= 0.3 is 0 Å².